The van der Waals surface area contributed by atoms with Gasteiger partial charge in [-0.1, -0.05) is 18.2 Å². The Kier molecular flexibility index (Phi) is 3.36. The van der Waals surface area contributed by atoms with Gasteiger partial charge in [0.15, 0.2) is 0 Å². The molecule has 6 heteroatoms. The molecule has 104 valence electrons. The van der Waals surface area contributed by atoms with Crippen molar-refractivity contribution in [2.45, 2.75) is 12.5 Å². The molecule has 2 heterocycles. The Labute approximate surface area is 120 Å². The lowest BCUT2D eigenvalue weighted by Crippen LogP contribution is -2.33. The third-order valence-electron chi connectivity index (χ3n) is 3.51. The van der Waals surface area contributed by atoms with Gasteiger partial charge in [0, 0.05) is 35.9 Å². The monoisotopic (exact) mass is 291 g/mol. The molecule has 1 fully saturated rings. The number of nitrogens with zero attached hydrogens (tertiary/aromatic N) is 1. The van der Waals surface area contributed by atoms with Gasteiger partial charge >= 0.3 is 6.03 Å². The Morgan fingerprint density at radius 2 is 2.05 bits per heavy atom. The van der Waals surface area contributed by atoms with E-state index in [0.29, 0.717) is 6.42 Å². The van der Waals surface area contributed by atoms with Crippen molar-refractivity contribution in [3.63, 3.8) is 0 Å². The number of nitrogens with one attached hydrogen (secondary N) is 2. The normalized spacial score (nSPS) is 18.9. The highest BCUT2D eigenvalue weighted by Gasteiger charge is 2.37. The van der Waals surface area contributed by atoms with Gasteiger partial charge in [-0.2, -0.15) is 0 Å². The third kappa shape index (κ3) is 2.14. The minimum absolute atomic E-state index is 0.207. The van der Waals surface area contributed by atoms with Crippen LogP contribution in [0.1, 0.15) is 5.56 Å². The van der Waals surface area contributed by atoms with Gasteiger partial charge in [-0.05, 0) is 11.6 Å². The van der Waals surface area contributed by atoms with Crippen molar-refractivity contribution in [2.24, 2.45) is 0 Å². The molecule has 1 aromatic carbocycles. The van der Waals surface area contributed by atoms with Gasteiger partial charge < -0.3 is 10.3 Å². The average molecular weight is 292 g/mol. The van der Waals surface area contributed by atoms with Crippen molar-refractivity contribution in [3.8, 4) is 0 Å². The zero-order valence-corrected chi connectivity index (χ0v) is 11.5. The SMILES string of the molecule is O=C1NC(Cc2c[nH]c3ccccc23)C(=O)N1CCCl. The van der Waals surface area contributed by atoms with Crippen molar-refractivity contribution in [3.05, 3.63) is 36.0 Å². The number of carbonyl (C=O) groups is 2. The molecule has 1 aliphatic rings. The number of H-pyrrole nitrogens is 1. The molecule has 1 saturated heterocycles. The highest BCUT2D eigenvalue weighted by Crippen LogP contribution is 2.21. The van der Waals surface area contributed by atoms with Crippen LogP contribution in [0.4, 0.5) is 4.79 Å². The summed E-state index contributed by atoms with van der Waals surface area (Å²) < 4.78 is 0. The first-order valence-corrected chi connectivity index (χ1v) is 6.97. The first kappa shape index (κ1) is 13.0. The first-order chi connectivity index (χ1) is 9.70. The molecule has 20 heavy (non-hydrogen) atoms. The molecular weight excluding hydrogens is 278 g/mol. The number of hydrogen-bond acceptors (Lipinski definition) is 2. The lowest BCUT2D eigenvalue weighted by Gasteiger charge is -2.10. The molecule has 5 nitrogen and oxygen atoms in total. The van der Waals surface area contributed by atoms with Crippen molar-refractivity contribution >= 4 is 34.4 Å². The molecule has 3 rings (SSSR count). The first-order valence-electron chi connectivity index (χ1n) is 6.43. The van der Waals surface area contributed by atoms with E-state index in [9.17, 15) is 9.59 Å². The summed E-state index contributed by atoms with van der Waals surface area (Å²) in [5.41, 5.74) is 2.05. The van der Waals surface area contributed by atoms with Crippen LogP contribution in [0.15, 0.2) is 30.5 Å². The number of para-hydroxylation sites is 1. The Bertz CT molecular complexity index is 667. The fraction of sp³-hybridized carbons (Fsp3) is 0.286. The predicted molar refractivity (Wildman–Crippen MR) is 76.8 cm³/mol. The van der Waals surface area contributed by atoms with Crippen LogP contribution in [0, 0.1) is 0 Å². The number of rotatable bonds is 4. The van der Waals surface area contributed by atoms with E-state index in [4.69, 9.17) is 11.6 Å². The van der Waals surface area contributed by atoms with Gasteiger partial charge in [-0.15, -0.1) is 11.6 Å². The Balaban J connectivity index is 1.82. The lowest BCUT2D eigenvalue weighted by atomic mass is 10.1. The van der Waals surface area contributed by atoms with Gasteiger partial charge in [0.1, 0.15) is 6.04 Å². The van der Waals surface area contributed by atoms with Crippen LogP contribution in [0.5, 0.6) is 0 Å². The average Bonchev–Trinajstić information content (AvgIpc) is 2.97. The molecule has 2 aromatic rings. The minimum Gasteiger partial charge on any atom is -0.361 e. The molecule has 1 unspecified atom stereocenters. The highest BCUT2D eigenvalue weighted by molar-refractivity contribution is 6.18. The van der Waals surface area contributed by atoms with E-state index in [1.807, 2.05) is 30.5 Å². The fourth-order valence-corrected chi connectivity index (χ4v) is 2.70. The van der Waals surface area contributed by atoms with Crippen LogP contribution in [0.3, 0.4) is 0 Å². The van der Waals surface area contributed by atoms with Gasteiger partial charge in [0.2, 0.25) is 0 Å². The molecule has 0 bridgehead atoms. The second kappa shape index (κ2) is 5.17. The summed E-state index contributed by atoms with van der Waals surface area (Å²) in [7, 11) is 0. The van der Waals surface area contributed by atoms with Gasteiger partial charge in [0.05, 0.1) is 0 Å². The molecule has 1 atom stereocenters. The predicted octanol–water partition coefficient (Wildman–Crippen LogP) is 1.87. The number of halogens is 1. The number of carbonyl (C=O) groups excluding carboxylic acids is 2. The molecule has 2 N–H and O–H groups in total. The van der Waals surface area contributed by atoms with E-state index in [-0.39, 0.29) is 24.4 Å². The summed E-state index contributed by atoms with van der Waals surface area (Å²) in [5.74, 6) is 0.0415. The number of aromatic amines is 1. The summed E-state index contributed by atoms with van der Waals surface area (Å²) in [6.45, 7) is 0.247. The zero-order chi connectivity index (χ0) is 14.1. The summed E-state index contributed by atoms with van der Waals surface area (Å²) in [6, 6.07) is 7.01. The topological polar surface area (TPSA) is 65.2 Å². The quantitative estimate of drug-likeness (QED) is 0.667. The number of urea groups is 1. The van der Waals surface area contributed by atoms with Gasteiger partial charge in [0.25, 0.3) is 5.91 Å². The molecule has 0 aliphatic carbocycles. The molecule has 0 radical (unpaired) electrons. The van der Waals surface area contributed by atoms with Crippen molar-refractivity contribution < 1.29 is 9.59 Å². The van der Waals surface area contributed by atoms with Crippen LogP contribution < -0.4 is 5.32 Å². The lowest BCUT2D eigenvalue weighted by molar-refractivity contribution is -0.127. The zero-order valence-electron chi connectivity index (χ0n) is 10.7. The smallest absolute Gasteiger partial charge is 0.324 e. The number of benzene rings is 1. The maximum Gasteiger partial charge on any atom is 0.324 e. The summed E-state index contributed by atoms with van der Waals surface area (Å²) in [5, 5.41) is 3.78. The molecule has 0 spiro atoms. The largest absolute Gasteiger partial charge is 0.361 e. The Morgan fingerprint density at radius 3 is 2.85 bits per heavy atom. The maximum atomic E-state index is 12.1. The molecular formula is C14H14ClN3O2. The number of fused-ring (bicyclic) bond motifs is 1. The van der Waals surface area contributed by atoms with Gasteiger partial charge in [-0.25, -0.2) is 4.79 Å². The summed E-state index contributed by atoms with van der Waals surface area (Å²) in [6.07, 6.45) is 2.36. The molecule has 3 amide bonds. The number of aromatic nitrogens is 1. The second-order valence-corrected chi connectivity index (χ2v) is 5.12. The van der Waals surface area contributed by atoms with Crippen LogP contribution in [-0.2, 0) is 11.2 Å². The van der Waals surface area contributed by atoms with E-state index in [1.54, 1.807) is 0 Å². The number of hydrogen-bond donors (Lipinski definition) is 2. The van der Waals surface area contributed by atoms with E-state index in [0.717, 1.165) is 16.5 Å². The molecule has 1 aliphatic heterocycles. The maximum absolute atomic E-state index is 12.1. The minimum atomic E-state index is -0.509. The van der Waals surface area contributed by atoms with Crippen molar-refractivity contribution in [1.82, 2.24) is 15.2 Å². The molecule has 0 saturated carbocycles. The van der Waals surface area contributed by atoms with Crippen LogP contribution >= 0.6 is 11.6 Å². The van der Waals surface area contributed by atoms with Crippen molar-refractivity contribution in [2.75, 3.05) is 12.4 Å². The Morgan fingerprint density at radius 1 is 1.25 bits per heavy atom. The van der Waals surface area contributed by atoms with Crippen LogP contribution in [0.2, 0.25) is 0 Å². The van der Waals surface area contributed by atoms with E-state index < -0.39 is 6.04 Å². The van der Waals surface area contributed by atoms with Crippen LogP contribution in [-0.4, -0.2) is 40.3 Å². The fourth-order valence-electron chi connectivity index (χ4n) is 2.53. The van der Waals surface area contributed by atoms with E-state index >= 15 is 0 Å². The van der Waals surface area contributed by atoms with Gasteiger partial charge in [-0.3, -0.25) is 9.69 Å². The number of alkyl halides is 1. The third-order valence-corrected chi connectivity index (χ3v) is 3.68. The van der Waals surface area contributed by atoms with E-state index in [2.05, 4.69) is 10.3 Å². The molecule has 1 aromatic heterocycles. The van der Waals surface area contributed by atoms with Crippen LogP contribution in [0.25, 0.3) is 10.9 Å². The Hall–Kier alpha value is -2.01. The number of imide groups is 1. The van der Waals surface area contributed by atoms with Crippen molar-refractivity contribution in [1.29, 1.82) is 0 Å². The van der Waals surface area contributed by atoms with E-state index in [1.165, 1.54) is 4.90 Å². The summed E-state index contributed by atoms with van der Waals surface area (Å²) >= 11 is 5.60. The second-order valence-electron chi connectivity index (χ2n) is 4.74. The summed E-state index contributed by atoms with van der Waals surface area (Å²) in [4.78, 5) is 28.2. The highest BCUT2D eigenvalue weighted by atomic mass is 35.5. The number of amides is 3. The standard InChI is InChI=1S/C14H14ClN3O2/c15-5-6-18-13(19)12(17-14(18)20)7-9-8-16-11-4-2-1-3-10(9)11/h1-4,8,12,16H,5-7H2,(H,17,20).